The van der Waals surface area contributed by atoms with Gasteiger partial charge in [0.05, 0.1) is 7.11 Å². The summed E-state index contributed by atoms with van der Waals surface area (Å²) in [7, 11) is 3.12. The van der Waals surface area contributed by atoms with E-state index in [0.29, 0.717) is 13.0 Å². The molecule has 0 N–H and O–H groups in total. The highest BCUT2D eigenvalue weighted by molar-refractivity contribution is 7.98. The van der Waals surface area contributed by atoms with Crippen LogP contribution in [0.15, 0.2) is 36.4 Å². The van der Waals surface area contributed by atoms with Crippen LogP contribution < -0.4 is 0 Å². The first-order valence-electron chi connectivity index (χ1n) is 7.25. The first-order chi connectivity index (χ1) is 10.6. The van der Waals surface area contributed by atoms with Gasteiger partial charge in [-0.2, -0.15) is 11.8 Å². The molecular formula is C17H23NO3S. The standard InChI is InChI=1S/C17H23NO3S/c1-4-22-13-14-9-5-6-10-15(14)17(20)18(2)12-8-7-11-16(19)21-3/h5-7,9-11H,4,8,12-13H2,1-3H3/b11-7-. The SMILES string of the molecule is CCSCc1ccccc1C(=O)N(C)CC/C=C\C(=O)OC. The number of rotatable bonds is 8. The van der Waals surface area contributed by atoms with Gasteiger partial charge in [-0.15, -0.1) is 0 Å². The van der Waals surface area contributed by atoms with Gasteiger partial charge in [-0.1, -0.05) is 31.2 Å². The molecule has 22 heavy (non-hydrogen) atoms. The van der Waals surface area contributed by atoms with E-state index >= 15 is 0 Å². The number of hydrogen-bond acceptors (Lipinski definition) is 4. The van der Waals surface area contributed by atoms with Crippen molar-refractivity contribution in [3.05, 3.63) is 47.5 Å². The lowest BCUT2D eigenvalue weighted by Gasteiger charge is -2.18. The summed E-state index contributed by atoms with van der Waals surface area (Å²) >= 11 is 1.80. The Kier molecular flexibility index (Phi) is 8.36. The van der Waals surface area contributed by atoms with Crippen molar-refractivity contribution >= 4 is 23.6 Å². The minimum atomic E-state index is -0.379. The lowest BCUT2D eigenvalue weighted by molar-refractivity contribution is -0.134. The van der Waals surface area contributed by atoms with Crippen LogP contribution in [-0.2, 0) is 15.3 Å². The number of carbonyl (C=O) groups is 2. The van der Waals surface area contributed by atoms with Crippen molar-refractivity contribution in [3.63, 3.8) is 0 Å². The third-order valence-corrected chi connectivity index (χ3v) is 4.07. The summed E-state index contributed by atoms with van der Waals surface area (Å²) in [5.41, 5.74) is 1.82. The molecule has 5 heteroatoms. The van der Waals surface area contributed by atoms with Gasteiger partial charge in [-0.3, -0.25) is 4.79 Å². The van der Waals surface area contributed by atoms with Gasteiger partial charge in [0.15, 0.2) is 0 Å². The van der Waals surface area contributed by atoms with Crippen molar-refractivity contribution in [2.24, 2.45) is 0 Å². The van der Waals surface area contributed by atoms with Gasteiger partial charge in [0.25, 0.3) is 5.91 Å². The number of carbonyl (C=O) groups excluding carboxylic acids is 2. The van der Waals surface area contributed by atoms with Gasteiger partial charge in [-0.25, -0.2) is 4.79 Å². The third-order valence-electron chi connectivity index (χ3n) is 3.14. The molecule has 0 atom stereocenters. The average molecular weight is 321 g/mol. The van der Waals surface area contributed by atoms with Gasteiger partial charge in [0, 0.05) is 31.0 Å². The molecule has 4 nitrogen and oxygen atoms in total. The predicted octanol–water partition coefficient (Wildman–Crippen LogP) is 3.13. The molecule has 120 valence electrons. The number of thioether (sulfide) groups is 1. The molecule has 0 aromatic heterocycles. The molecule has 0 aliphatic rings. The number of esters is 1. The number of ether oxygens (including phenoxy) is 1. The lowest BCUT2D eigenvalue weighted by atomic mass is 10.1. The molecule has 1 aromatic carbocycles. The highest BCUT2D eigenvalue weighted by Crippen LogP contribution is 2.17. The Balaban J connectivity index is 2.63. The first-order valence-corrected chi connectivity index (χ1v) is 8.41. The molecule has 0 saturated carbocycles. The molecule has 1 amide bonds. The van der Waals surface area contributed by atoms with E-state index in [1.165, 1.54) is 13.2 Å². The van der Waals surface area contributed by atoms with Crippen LogP contribution in [0.25, 0.3) is 0 Å². The maximum atomic E-state index is 12.5. The lowest BCUT2D eigenvalue weighted by Crippen LogP contribution is -2.28. The molecule has 1 rings (SSSR count). The Hall–Kier alpha value is -1.75. The Morgan fingerprint density at radius 3 is 2.73 bits per heavy atom. The Morgan fingerprint density at radius 1 is 1.32 bits per heavy atom. The molecule has 0 bridgehead atoms. The fraction of sp³-hybridized carbons (Fsp3) is 0.412. The van der Waals surface area contributed by atoms with Gasteiger partial charge in [0.2, 0.25) is 0 Å². The van der Waals surface area contributed by atoms with E-state index < -0.39 is 0 Å². The van der Waals surface area contributed by atoms with Crippen LogP contribution in [0.5, 0.6) is 0 Å². The molecule has 0 spiro atoms. The molecule has 0 unspecified atom stereocenters. The largest absolute Gasteiger partial charge is 0.466 e. The maximum Gasteiger partial charge on any atom is 0.330 e. The number of hydrogen-bond donors (Lipinski definition) is 0. The zero-order valence-electron chi connectivity index (χ0n) is 13.4. The van der Waals surface area contributed by atoms with Crippen molar-refractivity contribution in [1.82, 2.24) is 4.90 Å². The summed E-state index contributed by atoms with van der Waals surface area (Å²) in [6, 6.07) is 7.72. The number of benzene rings is 1. The smallest absolute Gasteiger partial charge is 0.330 e. The molecule has 0 aliphatic heterocycles. The quantitative estimate of drug-likeness (QED) is 0.545. The van der Waals surface area contributed by atoms with E-state index in [-0.39, 0.29) is 11.9 Å². The summed E-state index contributed by atoms with van der Waals surface area (Å²) in [4.78, 5) is 25.2. The Bertz CT molecular complexity index is 528. The fourth-order valence-corrected chi connectivity index (χ4v) is 2.57. The summed E-state index contributed by atoms with van der Waals surface area (Å²) in [5, 5.41) is 0. The van der Waals surface area contributed by atoms with Crippen molar-refractivity contribution in [2.45, 2.75) is 19.1 Å². The van der Waals surface area contributed by atoms with E-state index in [4.69, 9.17) is 0 Å². The van der Waals surface area contributed by atoms with Crippen molar-refractivity contribution in [2.75, 3.05) is 26.5 Å². The molecule has 0 aliphatic carbocycles. The van der Waals surface area contributed by atoms with E-state index in [1.807, 2.05) is 24.3 Å². The topological polar surface area (TPSA) is 46.6 Å². The monoisotopic (exact) mass is 321 g/mol. The Labute approximate surface area is 136 Å². The zero-order chi connectivity index (χ0) is 16.4. The van der Waals surface area contributed by atoms with Gasteiger partial charge in [0.1, 0.15) is 0 Å². The summed E-state index contributed by atoms with van der Waals surface area (Å²) in [5.74, 6) is 1.50. The van der Waals surface area contributed by atoms with Crippen LogP contribution in [-0.4, -0.2) is 43.2 Å². The van der Waals surface area contributed by atoms with Crippen molar-refractivity contribution in [3.8, 4) is 0 Å². The van der Waals surface area contributed by atoms with Gasteiger partial charge < -0.3 is 9.64 Å². The molecule has 0 heterocycles. The highest BCUT2D eigenvalue weighted by Gasteiger charge is 2.14. The van der Waals surface area contributed by atoms with E-state index in [1.54, 1.807) is 29.8 Å². The van der Waals surface area contributed by atoms with E-state index in [2.05, 4.69) is 11.7 Å². The molecule has 1 aromatic rings. The summed E-state index contributed by atoms with van der Waals surface area (Å²) < 4.78 is 4.52. The Morgan fingerprint density at radius 2 is 2.05 bits per heavy atom. The first kappa shape index (κ1) is 18.3. The highest BCUT2D eigenvalue weighted by atomic mass is 32.2. The van der Waals surface area contributed by atoms with Gasteiger partial charge >= 0.3 is 5.97 Å². The van der Waals surface area contributed by atoms with Crippen LogP contribution in [0.2, 0.25) is 0 Å². The second kappa shape index (κ2) is 10.1. The van der Waals surface area contributed by atoms with Crippen molar-refractivity contribution < 1.29 is 14.3 Å². The molecule has 0 fully saturated rings. The van der Waals surface area contributed by atoms with Crippen molar-refractivity contribution in [1.29, 1.82) is 0 Å². The summed E-state index contributed by atoms with van der Waals surface area (Å²) in [6.07, 6.45) is 3.71. The molecule has 0 radical (unpaired) electrons. The second-order valence-corrected chi connectivity index (χ2v) is 6.01. The normalized spacial score (nSPS) is 10.7. The van der Waals surface area contributed by atoms with E-state index in [9.17, 15) is 9.59 Å². The minimum absolute atomic E-state index is 0.0128. The van der Waals surface area contributed by atoms with Crippen LogP contribution in [0.3, 0.4) is 0 Å². The number of methoxy groups -OCH3 is 1. The third kappa shape index (κ3) is 5.93. The number of amides is 1. The fourth-order valence-electron chi connectivity index (χ4n) is 1.89. The van der Waals surface area contributed by atoms with Crippen LogP contribution in [0, 0.1) is 0 Å². The van der Waals surface area contributed by atoms with Crippen LogP contribution in [0.4, 0.5) is 0 Å². The molecular weight excluding hydrogens is 298 g/mol. The van der Waals surface area contributed by atoms with Crippen LogP contribution >= 0.6 is 11.8 Å². The van der Waals surface area contributed by atoms with Gasteiger partial charge in [-0.05, 0) is 23.8 Å². The predicted molar refractivity (Wildman–Crippen MR) is 91.0 cm³/mol. The number of nitrogens with zero attached hydrogens (tertiary/aromatic N) is 1. The second-order valence-electron chi connectivity index (χ2n) is 4.74. The maximum absolute atomic E-state index is 12.5. The average Bonchev–Trinajstić information content (AvgIpc) is 2.55. The summed E-state index contributed by atoms with van der Waals surface area (Å²) in [6.45, 7) is 2.66. The molecule has 0 saturated heterocycles. The zero-order valence-corrected chi connectivity index (χ0v) is 14.2. The van der Waals surface area contributed by atoms with Crippen LogP contribution in [0.1, 0.15) is 29.3 Å². The van der Waals surface area contributed by atoms with E-state index in [0.717, 1.165) is 22.6 Å². The minimum Gasteiger partial charge on any atom is -0.466 e.